The quantitative estimate of drug-likeness (QED) is 0.342. The van der Waals surface area contributed by atoms with Gasteiger partial charge >= 0.3 is 12.1 Å². The molecule has 0 fully saturated rings. The first kappa shape index (κ1) is 25.1. The van der Waals surface area contributed by atoms with Crippen molar-refractivity contribution in [3.05, 3.63) is 77.6 Å². The summed E-state index contributed by atoms with van der Waals surface area (Å²) in [6.45, 7) is 3.80. The molecule has 8 heteroatoms. The summed E-state index contributed by atoms with van der Waals surface area (Å²) in [5.74, 6) is -1.87. The lowest BCUT2D eigenvalue weighted by Crippen LogP contribution is -2.14. The molecule has 0 aliphatic carbocycles. The van der Waals surface area contributed by atoms with Crippen LogP contribution in [0.15, 0.2) is 60.7 Å². The largest absolute Gasteiger partial charge is 0.494 e. The Hall–Kier alpha value is -3.55. The maximum Gasteiger partial charge on any atom is 0.416 e. The number of methoxy groups -OCH3 is 1. The lowest BCUT2D eigenvalue weighted by atomic mass is 9.88. The summed E-state index contributed by atoms with van der Waals surface area (Å²) in [4.78, 5) is 12.0. The normalized spacial score (nSPS) is 12.5. The van der Waals surface area contributed by atoms with Crippen LogP contribution in [0.2, 0.25) is 0 Å². The standard InChI is InChI=1S/C26H24F4O4/c1-15(2)10-22(25(31)32)18-11-17(16-4-6-19(7-5-16)26(28,29)30)12-21(13-18)34-20-8-9-23(27)24(14-20)33-3/h4-9,11-15,22H,10H2,1-3H3,(H,31,32). The van der Waals surface area contributed by atoms with Crippen LogP contribution >= 0.6 is 0 Å². The van der Waals surface area contributed by atoms with Crippen molar-refractivity contribution in [2.24, 2.45) is 5.92 Å². The fourth-order valence-corrected chi connectivity index (χ4v) is 3.59. The smallest absolute Gasteiger partial charge is 0.416 e. The Morgan fingerprint density at radius 3 is 2.18 bits per heavy atom. The van der Waals surface area contributed by atoms with E-state index in [0.29, 0.717) is 23.1 Å². The second-order valence-electron chi connectivity index (χ2n) is 8.28. The summed E-state index contributed by atoms with van der Waals surface area (Å²) in [5, 5.41) is 9.82. The summed E-state index contributed by atoms with van der Waals surface area (Å²) in [6.07, 6.45) is -4.11. The van der Waals surface area contributed by atoms with Crippen LogP contribution in [-0.2, 0) is 11.0 Å². The van der Waals surface area contributed by atoms with Gasteiger partial charge in [-0.3, -0.25) is 4.79 Å². The number of hydrogen-bond donors (Lipinski definition) is 1. The van der Waals surface area contributed by atoms with Crippen molar-refractivity contribution in [1.29, 1.82) is 0 Å². The average molecular weight is 476 g/mol. The molecule has 0 saturated heterocycles. The van der Waals surface area contributed by atoms with Gasteiger partial charge in [0.2, 0.25) is 0 Å². The maximum absolute atomic E-state index is 13.8. The van der Waals surface area contributed by atoms with E-state index >= 15 is 0 Å². The zero-order valence-electron chi connectivity index (χ0n) is 18.8. The first-order chi connectivity index (χ1) is 16.0. The van der Waals surface area contributed by atoms with Crippen LogP contribution in [0, 0.1) is 11.7 Å². The Kier molecular flexibility index (Phi) is 7.49. The molecule has 1 unspecified atom stereocenters. The number of carboxylic acids is 1. The van der Waals surface area contributed by atoms with E-state index in [2.05, 4.69) is 0 Å². The highest BCUT2D eigenvalue weighted by molar-refractivity contribution is 5.78. The highest BCUT2D eigenvalue weighted by Crippen LogP contribution is 2.37. The van der Waals surface area contributed by atoms with Crippen molar-refractivity contribution >= 4 is 5.97 Å². The van der Waals surface area contributed by atoms with Crippen molar-refractivity contribution in [1.82, 2.24) is 0 Å². The van der Waals surface area contributed by atoms with Gasteiger partial charge in [0.1, 0.15) is 11.5 Å². The number of halogens is 4. The van der Waals surface area contributed by atoms with Crippen molar-refractivity contribution in [2.45, 2.75) is 32.4 Å². The third-order valence-electron chi connectivity index (χ3n) is 5.24. The lowest BCUT2D eigenvalue weighted by Gasteiger charge is -2.18. The fraction of sp³-hybridized carbons (Fsp3) is 0.269. The Morgan fingerprint density at radius 1 is 0.941 bits per heavy atom. The van der Waals surface area contributed by atoms with Crippen LogP contribution in [0.25, 0.3) is 11.1 Å². The predicted molar refractivity (Wildman–Crippen MR) is 120 cm³/mol. The van der Waals surface area contributed by atoms with Gasteiger partial charge in [-0.1, -0.05) is 32.0 Å². The van der Waals surface area contributed by atoms with Crippen LogP contribution in [0.5, 0.6) is 17.2 Å². The SMILES string of the molecule is COc1cc(Oc2cc(-c3ccc(C(F)(F)F)cc3)cc(C(CC(C)C)C(=O)O)c2)ccc1F. The molecule has 3 aromatic rings. The van der Waals surface area contributed by atoms with Crippen LogP contribution in [-0.4, -0.2) is 18.2 Å². The minimum Gasteiger partial charge on any atom is -0.494 e. The monoisotopic (exact) mass is 476 g/mol. The third kappa shape index (κ3) is 6.07. The number of ether oxygens (including phenoxy) is 2. The van der Waals surface area contributed by atoms with Gasteiger partial charge in [0.05, 0.1) is 18.6 Å². The fourth-order valence-electron chi connectivity index (χ4n) is 3.59. The maximum atomic E-state index is 13.8. The molecule has 3 aromatic carbocycles. The van der Waals surface area contributed by atoms with Gasteiger partial charge in [0.15, 0.2) is 11.6 Å². The Labute approximate surface area is 194 Å². The molecule has 0 amide bonds. The van der Waals surface area contributed by atoms with Gasteiger partial charge in [0, 0.05) is 6.07 Å². The van der Waals surface area contributed by atoms with Gasteiger partial charge in [0.25, 0.3) is 0 Å². The van der Waals surface area contributed by atoms with Crippen molar-refractivity contribution in [3.63, 3.8) is 0 Å². The van der Waals surface area contributed by atoms with E-state index in [1.807, 2.05) is 13.8 Å². The molecule has 4 nitrogen and oxygen atoms in total. The number of carboxylic acid groups (broad SMARTS) is 1. The summed E-state index contributed by atoms with van der Waals surface area (Å²) >= 11 is 0. The molecule has 3 rings (SSSR count). The molecule has 0 spiro atoms. The summed E-state index contributed by atoms with van der Waals surface area (Å²) in [7, 11) is 1.31. The van der Waals surface area contributed by atoms with Crippen LogP contribution < -0.4 is 9.47 Å². The first-order valence-corrected chi connectivity index (χ1v) is 10.5. The molecule has 0 aliphatic rings. The van der Waals surface area contributed by atoms with E-state index in [0.717, 1.165) is 12.1 Å². The number of rotatable bonds is 8. The van der Waals surface area contributed by atoms with E-state index in [4.69, 9.17) is 9.47 Å². The molecule has 0 aliphatic heterocycles. The van der Waals surface area contributed by atoms with Crippen LogP contribution in [0.4, 0.5) is 17.6 Å². The zero-order valence-corrected chi connectivity index (χ0v) is 18.8. The first-order valence-electron chi connectivity index (χ1n) is 10.5. The van der Waals surface area contributed by atoms with Crippen molar-refractivity contribution in [2.75, 3.05) is 7.11 Å². The van der Waals surface area contributed by atoms with E-state index in [-0.39, 0.29) is 23.2 Å². The highest BCUT2D eigenvalue weighted by atomic mass is 19.4. The number of carbonyl (C=O) groups is 1. The molecule has 1 atom stereocenters. The number of alkyl halides is 3. The molecule has 180 valence electrons. The Balaban J connectivity index is 2.08. The van der Waals surface area contributed by atoms with E-state index in [1.165, 1.54) is 37.4 Å². The second-order valence-corrected chi connectivity index (χ2v) is 8.28. The summed E-state index contributed by atoms with van der Waals surface area (Å²) in [5.41, 5.74) is 0.614. The minimum absolute atomic E-state index is 0.0279. The molecule has 0 radical (unpaired) electrons. The van der Waals surface area contributed by atoms with Crippen LogP contribution in [0.1, 0.15) is 37.3 Å². The Morgan fingerprint density at radius 2 is 1.62 bits per heavy atom. The van der Waals surface area contributed by atoms with Gasteiger partial charge in [-0.05, 0) is 65.4 Å². The molecular formula is C26H24F4O4. The van der Waals surface area contributed by atoms with Gasteiger partial charge in [-0.15, -0.1) is 0 Å². The molecule has 0 aromatic heterocycles. The number of aliphatic carboxylic acids is 1. The topological polar surface area (TPSA) is 55.8 Å². The zero-order chi connectivity index (χ0) is 25.0. The molecule has 34 heavy (non-hydrogen) atoms. The van der Waals surface area contributed by atoms with Crippen molar-refractivity contribution in [3.8, 4) is 28.4 Å². The third-order valence-corrected chi connectivity index (χ3v) is 5.24. The Bertz CT molecular complexity index is 1150. The van der Waals surface area contributed by atoms with E-state index < -0.39 is 29.4 Å². The second kappa shape index (κ2) is 10.2. The van der Waals surface area contributed by atoms with E-state index in [9.17, 15) is 27.5 Å². The number of hydrogen-bond acceptors (Lipinski definition) is 3. The summed E-state index contributed by atoms with van der Waals surface area (Å²) < 4.78 is 63.5. The summed E-state index contributed by atoms with van der Waals surface area (Å²) in [6, 6.07) is 13.3. The lowest BCUT2D eigenvalue weighted by molar-refractivity contribution is -0.139. The van der Waals surface area contributed by atoms with Gasteiger partial charge < -0.3 is 14.6 Å². The highest BCUT2D eigenvalue weighted by Gasteiger charge is 2.30. The minimum atomic E-state index is -4.47. The van der Waals surface area contributed by atoms with Crippen LogP contribution in [0.3, 0.4) is 0 Å². The van der Waals surface area contributed by atoms with Gasteiger partial charge in [-0.2, -0.15) is 13.2 Å². The van der Waals surface area contributed by atoms with E-state index in [1.54, 1.807) is 18.2 Å². The number of benzene rings is 3. The molecule has 1 N–H and O–H groups in total. The predicted octanol–water partition coefficient (Wildman–Crippen LogP) is 7.53. The van der Waals surface area contributed by atoms with Crippen molar-refractivity contribution < 1.29 is 36.9 Å². The average Bonchev–Trinajstić information content (AvgIpc) is 2.77. The molecular weight excluding hydrogens is 452 g/mol. The van der Waals surface area contributed by atoms with Gasteiger partial charge in [-0.25, -0.2) is 4.39 Å². The molecule has 0 heterocycles. The molecule has 0 bridgehead atoms. The molecule has 0 saturated carbocycles.